The van der Waals surface area contributed by atoms with Gasteiger partial charge in [0.05, 0.1) is 17.6 Å². The maximum atomic E-state index is 6.32. The van der Waals surface area contributed by atoms with Crippen LogP contribution >= 0.6 is 36.4 Å². The number of rotatable bonds is 4. The van der Waals surface area contributed by atoms with Crippen molar-refractivity contribution in [3.05, 3.63) is 64.9 Å². The van der Waals surface area contributed by atoms with E-state index >= 15 is 0 Å². The molecule has 7 heteroatoms. The Kier molecular flexibility index (Phi) is 8.00. The molecule has 0 aliphatic carbocycles. The molecular formula is C22H29Cl3N4. The third kappa shape index (κ3) is 5.25. The van der Waals surface area contributed by atoms with Gasteiger partial charge >= 0.3 is 0 Å². The molecule has 1 aliphatic rings. The lowest BCUT2D eigenvalue weighted by atomic mass is 9.80. The first kappa shape index (κ1) is 24.0. The zero-order valence-electron chi connectivity index (χ0n) is 16.8. The fourth-order valence-corrected chi connectivity index (χ4v) is 4.20. The highest BCUT2D eigenvalue weighted by Gasteiger charge is 2.33. The molecule has 2 N–H and O–H groups in total. The zero-order chi connectivity index (χ0) is 19.0. The summed E-state index contributed by atoms with van der Waals surface area (Å²) in [4.78, 5) is 7.42. The molecule has 0 saturated carbocycles. The molecule has 1 aromatic heterocycles. The molecule has 3 aromatic rings. The monoisotopic (exact) mass is 454 g/mol. The van der Waals surface area contributed by atoms with Gasteiger partial charge in [-0.1, -0.05) is 55.8 Å². The standard InChI is InChI=1S/C22H27ClN4.2ClH/c1-22(2)15-26(11-10-20(22)24)14-21-25-18-12-17(23)8-9-19(18)27(21)13-16-6-4-3-5-7-16;;/h3-9,12,20H,10-11,13-15,24H2,1-2H3;2*1H. The van der Waals surface area contributed by atoms with Gasteiger partial charge < -0.3 is 10.3 Å². The van der Waals surface area contributed by atoms with E-state index in [2.05, 4.69) is 59.7 Å². The maximum Gasteiger partial charge on any atom is 0.124 e. The van der Waals surface area contributed by atoms with E-state index in [1.54, 1.807) is 0 Å². The van der Waals surface area contributed by atoms with Crippen LogP contribution in [0.3, 0.4) is 0 Å². The number of halogens is 3. The van der Waals surface area contributed by atoms with Crippen LogP contribution in [0.5, 0.6) is 0 Å². The molecule has 29 heavy (non-hydrogen) atoms. The molecule has 158 valence electrons. The van der Waals surface area contributed by atoms with Crippen molar-refractivity contribution in [3.8, 4) is 0 Å². The van der Waals surface area contributed by atoms with Gasteiger partial charge in [-0.2, -0.15) is 0 Å². The summed E-state index contributed by atoms with van der Waals surface area (Å²) in [6.07, 6.45) is 1.03. The second kappa shape index (κ2) is 9.67. The molecule has 1 saturated heterocycles. The third-order valence-electron chi connectivity index (χ3n) is 5.73. The summed E-state index contributed by atoms with van der Waals surface area (Å²) >= 11 is 6.21. The topological polar surface area (TPSA) is 47.1 Å². The van der Waals surface area contributed by atoms with Gasteiger partial charge in [0, 0.05) is 30.7 Å². The summed E-state index contributed by atoms with van der Waals surface area (Å²) < 4.78 is 2.32. The van der Waals surface area contributed by atoms with E-state index in [1.165, 1.54) is 5.56 Å². The Hall–Kier alpha value is -1.30. The predicted molar refractivity (Wildman–Crippen MR) is 126 cm³/mol. The van der Waals surface area contributed by atoms with Crippen molar-refractivity contribution in [2.45, 2.75) is 39.4 Å². The Morgan fingerprint density at radius 1 is 1.10 bits per heavy atom. The number of nitrogens with zero attached hydrogens (tertiary/aromatic N) is 3. The summed E-state index contributed by atoms with van der Waals surface area (Å²) in [5.41, 5.74) is 9.80. The number of nitrogens with two attached hydrogens (primary N) is 1. The molecule has 0 amide bonds. The first-order chi connectivity index (χ1) is 12.9. The largest absolute Gasteiger partial charge is 0.327 e. The van der Waals surface area contributed by atoms with Crippen LogP contribution < -0.4 is 5.73 Å². The van der Waals surface area contributed by atoms with Gasteiger partial charge in [0.25, 0.3) is 0 Å². The quantitative estimate of drug-likeness (QED) is 0.592. The van der Waals surface area contributed by atoms with Crippen LogP contribution in [-0.2, 0) is 13.1 Å². The first-order valence-electron chi connectivity index (χ1n) is 9.59. The Morgan fingerprint density at radius 2 is 1.83 bits per heavy atom. The number of piperidine rings is 1. The Morgan fingerprint density at radius 3 is 2.52 bits per heavy atom. The van der Waals surface area contributed by atoms with Crippen LogP contribution in [0.2, 0.25) is 5.02 Å². The first-order valence-corrected chi connectivity index (χ1v) is 9.97. The lowest BCUT2D eigenvalue weighted by Crippen LogP contribution is -2.52. The van der Waals surface area contributed by atoms with Crippen LogP contribution in [0, 0.1) is 5.41 Å². The number of hydrogen-bond donors (Lipinski definition) is 1. The molecule has 0 bridgehead atoms. The number of imidazole rings is 1. The molecule has 1 atom stereocenters. The van der Waals surface area contributed by atoms with Crippen molar-refractivity contribution in [2.24, 2.45) is 11.1 Å². The van der Waals surface area contributed by atoms with Gasteiger partial charge in [-0.05, 0) is 35.6 Å². The molecule has 0 radical (unpaired) electrons. The molecule has 4 rings (SSSR count). The smallest absolute Gasteiger partial charge is 0.124 e. The minimum absolute atomic E-state index is 0. The summed E-state index contributed by atoms with van der Waals surface area (Å²) in [5.74, 6) is 1.09. The second-order valence-electron chi connectivity index (χ2n) is 8.33. The van der Waals surface area contributed by atoms with Crippen molar-refractivity contribution in [1.82, 2.24) is 14.5 Å². The van der Waals surface area contributed by atoms with Crippen molar-refractivity contribution >= 4 is 47.4 Å². The maximum absolute atomic E-state index is 6.32. The van der Waals surface area contributed by atoms with Crippen molar-refractivity contribution < 1.29 is 0 Å². The van der Waals surface area contributed by atoms with Gasteiger partial charge in [0.1, 0.15) is 5.82 Å². The Bertz CT molecular complexity index is 940. The lowest BCUT2D eigenvalue weighted by Gasteiger charge is -2.42. The summed E-state index contributed by atoms with van der Waals surface area (Å²) in [6.45, 7) is 8.16. The Labute approximate surface area is 190 Å². The van der Waals surface area contributed by atoms with Gasteiger partial charge in [-0.3, -0.25) is 4.90 Å². The fourth-order valence-electron chi connectivity index (χ4n) is 4.04. The van der Waals surface area contributed by atoms with E-state index in [9.17, 15) is 0 Å². The van der Waals surface area contributed by atoms with Gasteiger partial charge in [-0.25, -0.2) is 4.98 Å². The summed E-state index contributed by atoms with van der Waals surface area (Å²) in [6, 6.07) is 16.8. The number of fused-ring (bicyclic) bond motifs is 1. The van der Waals surface area contributed by atoms with Crippen molar-refractivity contribution in [1.29, 1.82) is 0 Å². The highest BCUT2D eigenvalue weighted by atomic mass is 35.5. The van der Waals surface area contributed by atoms with E-state index < -0.39 is 0 Å². The SMILES string of the molecule is CC1(C)CN(Cc2nc3cc(Cl)ccc3n2Cc2ccccc2)CCC1N.Cl.Cl. The minimum Gasteiger partial charge on any atom is -0.327 e. The zero-order valence-corrected chi connectivity index (χ0v) is 19.2. The second-order valence-corrected chi connectivity index (χ2v) is 8.76. The molecule has 2 heterocycles. The molecule has 2 aromatic carbocycles. The fraction of sp³-hybridized carbons (Fsp3) is 0.409. The normalized spacial score (nSPS) is 18.8. The van der Waals surface area contributed by atoms with E-state index in [0.717, 1.165) is 54.5 Å². The van der Waals surface area contributed by atoms with Gasteiger partial charge in [0.15, 0.2) is 0 Å². The molecule has 1 aliphatic heterocycles. The highest BCUT2D eigenvalue weighted by molar-refractivity contribution is 6.31. The van der Waals surface area contributed by atoms with E-state index in [-0.39, 0.29) is 36.3 Å². The van der Waals surface area contributed by atoms with Crippen LogP contribution in [0.4, 0.5) is 0 Å². The van der Waals surface area contributed by atoms with Crippen molar-refractivity contribution in [2.75, 3.05) is 13.1 Å². The molecule has 0 spiro atoms. The molecule has 1 unspecified atom stereocenters. The van der Waals surface area contributed by atoms with Crippen LogP contribution in [-0.4, -0.2) is 33.6 Å². The average molecular weight is 456 g/mol. The van der Waals surface area contributed by atoms with E-state index in [0.29, 0.717) is 0 Å². The average Bonchev–Trinajstić information content (AvgIpc) is 2.95. The van der Waals surface area contributed by atoms with Crippen LogP contribution in [0.15, 0.2) is 48.5 Å². The molecular weight excluding hydrogens is 427 g/mol. The minimum atomic E-state index is 0. The van der Waals surface area contributed by atoms with E-state index in [1.807, 2.05) is 12.1 Å². The molecule has 4 nitrogen and oxygen atoms in total. The summed E-state index contributed by atoms with van der Waals surface area (Å²) in [7, 11) is 0. The number of hydrogen-bond acceptors (Lipinski definition) is 3. The number of aromatic nitrogens is 2. The third-order valence-corrected chi connectivity index (χ3v) is 5.96. The highest BCUT2D eigenvalue weighted by Crippen LogP contribution is 2.29. The lowest BCUT2D eigenvalue weighted by molar-refractivity contribution is 0.0871. The van der Waals surface area contributed by atoms with Crippen LogP contribution in [0.1, 0.15) is 31.7 Å². The molecule has 1 fully saturated rings. The van der Waals surface area contributed by atoms with E-state index in [4.69, 9.17) is 22.3 Å². The summed E-state index contributed by atoms with van der Waals surface area (Å²) in [5, 5.41) is 0.725. The van der Waals surface area contributed by atoms with Gasteiger partial charge in [0.2, 0.25) is 0 Å². The Balaban J connectivity index is 0.00000150. The van der Waals surface area contributed by atoms with Crippen LogP contribution in [0.25, 0.3) is 11.0 Å². The van der Waals surface area contributed by atoms with Gasteiger partial charge in [-0.15, -0.1) is 24.8 Å². The number of likely N-dealkylation sites (tertiary alicyclic amines) is 1. The van der Waals surface area contributed by atoms with Crippen molar-refractivity contribution in [3.63, 3.8) is 0 Å². The predicted octanol–water partition coefficient (Wildman–Crippen LogP) is 5.14. The number of benzene rings is 2.